The minimum absolute atomic E-state index is 0.00375. The molecule has 7 atom stereocenters. The predicted octanol–water partition coefficient (Wildman–Crippen LogP) is 5.77. The van der Waals surface area contributed by atoms with Crippen molar-refractivity contribution in [2.45, 2.75) is 38.7 Å². The van der Waals surface area contributed by atoms with Crippen molar-refractivity contribution >= 4 is 35.4 Å². The SMILES string of the molecule is C=CC(=O)OC(CCl)COC(=O)C1(C)CC(C=C)CC1/C=C\C1CC(C=C)C(CN2C(=O)c3ccccc3C2=O)C1. The van der Waals surface area contributed by atoms with E-state index in [4.69, 9.17) is 21.1 Å². The minimum atomic E-state index is -0.773. The molecule has 4 rings (SSSR count). The van der Waals surface area contributed by atoms with Crippen molar-refractivity contribution in [1.82, 2.24) is 4.90 Å². The normalized spacial score (nSPS) is 29.8. The van der Waals surface area contributed by atoms with E-state index in [9.17, 15) is 19.2 Å². The Morgan fingerprint density at radius 1 is 1.05 bits per heavy atom. The van der Waals surface area contributed by atoms with Gasteiger partial charge < -0.3 is 9.47 Å². The lowest BCUT2D eigenvalue weighted by Gasteiger charge is -2.28. The van der Waals surface area contributed by atoms with E-state index in [1.54, 1.807) is 24.3 Å². The Bertz CT molecular complexity index is 1220. The Morgan fingerprint density at radius 3 is 2.32 bits per heavy atom. The molecule has 1 aromatic carbocycles. The summed E-state index contributed by atoms with van der Waals surface area (Å²) in [6.45, 7) is 13.5. The number of halogens is 1. The third-order valence-electron chi connectivity index (χ3n) is 8.88. The number of rotatable bonds is 12. The van der Waals surface area contributed by atoms with Crippen molar-refractivity contribution < 1.29 is 28.7 Å². The van der Waals surface area contributed by atoms with Crippen LogP contribution in [0, 0.1) is 35.0 Å². The number of benzene rings is 1. The largest absolute Gasteiger partial charge is 0.461 e. The van der Waals surface area contributed by atoms with Crippen LogP contribution >= 0.6 is 11.6 Å². The first-order valence-electron chi connectivity index (χ1n) is 14.1. The zero-order valence-corrected chi connectivity index (χ0v) is 24.3. The van der Waals surface area contributed by atoms with Gasteiger partial charge in [-0.3, -0.25) is 19.3 Å². The number of nitrogens with zero attached hydrogens (tertiary/aromatic N) is 1. The molecule has 2 aliphatic carbocycles. The molecule has 7 unspecified atom stereocenters. The van der Waals surface area contributed by atoms with E-state index in [-0.39, 0.29) is 59.9 Å². The van der Waals surface area contributed by atoms with E-state index in [1.165, 1.54) is 4.90 Å². The second-order valence-electron chi connectivity index (χ2n) is 11.5. The molecule has 0 N–H and O–H groups in total. The number of carbonyl (C=O) groups excluding carboxylic acids is 4. The average molecular weight is 580 g/mol. The number of hydrogen-bond acceptors (Lipinski definition) is 6. The summed E-state index contributed by atoms with van der Waals surface area (Å²) in [5.41, 5.74) is 0.148. The molecule has 1 aromatic rings. The molecular weight excluding hydrogens is 542 g/mol. The van der Waals surface area contributed by atoms with E-state index in [0.29, 0.717) is 24.1 Å². The maximum Gasteiger partial charge on any atom is 0.330 e. The molecule has 2 saturated carbocycles. The van der Waals surface area contributed by atoms with Gasteiger partial charge in [0.1, 0.15) is 12.7 Å². The molecule has 1 heterocycles. The lowest BCUT2D eigenvalue weighted by atomic mass is 9.79. The maximum absolute atomic E-state index is 13.3. The van der Waals surface area contributed by atoms with E-state index in [2.05, 4.69) is 31.9 Å². The second-order valence-corrected chi connectivity index (χ2v) is 11.8. The molecule has 0 saturated heterocycles. The number of fused-ring (bicyclic) bond motifs is 1. The topological polar surface area (TPSA) is 90.0 Å². The summed E-state index contributed by atoms with van der Waals surface area (Å²) >= 11 is 5.90. The lowest BCUT2D eigenvalue weighted by molar-refractivity contribution is -0.163. The standard InChI is InChI=1S/C33H38ClNO6/c1-5-21-16-25(33(4,17-21)32(39)40-20-26(18-34)41-29(36)7-3)13-12-22-14-23(6-2)24(15-22)19-35-30(37)27-10-8-9-11-28(27)31(35)38/h5-13,21-26H,1-3,14-20H2,4H3/b13-12-. The van der Waals surface area contributed by atoms with Crippen LogP contribution in [0.3, 0.4) is 0 Å². The van der Waals surface area contributed by atoms with Gasteiger partial charge >= 0.3 is 11.9 Å². The zero-order chi connectivity index (χ0) is 29.7. The first-order valence-corrected chi connectivity index (χ1v) is 14.6. The quantitative estimate of drug-likeness (QED) is 0.103. The number of alkyl halides is 1. The van der Waals surface area contributed by atoms with Gasteiger partial charge in [-0.25, -0.2) is 4.79 Å². The van der Waals surface area contributed by atoms with Crippen molar-refractivity contribution in [3.8, 4) is 0 Å². The number of amides is 2. The summed E-state index contributed by atoms with van der Waals surface area (Å²) in [6, 6.07) is 6.94. The highest BCUT2D eigenvalue weighted by Gasteiger charge is 2.49. The van der Waals surface area contributed by atoms with Crippen molar-refractivity contribution in [2.75, 3.05) is 19.0 Å². The van der Waals surface area contributed by atoms with Crippen LogP contribution in [0.5, 0.6) is 0 Å². The Labute approximate surface area is 246 Å². The van der Waals surface area contributed by atoms with E-state index in [1.807, 2.05) is 19.1 Å². The van der Waals surface area contributed by atoms with Crippen LogP contribution in [-0.2, 0) is 19.1 Å². The Kier molecular flexibility index (Phi) is 9.69. The molecule has 8 heteroatoms. The third-order valence-corrected chi connectivity index (χ3v) is 9.23. The smallest absolute Gasteiger partial charge is 0.330 e. The minimum Gasteiger partial charge on any atom is -0.461 e. The molecular formula is C33H38ClNO6. The van der Waals surface area contributed by atoms with Gasteiger partial charge in [-0.15, -0.1) is 24.8 Å². The van der Waals surface area contributed by atoms with Gasteiger partial charge in [0.05, 0.1) is 22.4 Å². The molecule has 2 amide bonds. The highest BCUT2D eigenvalue weighted by molar-refractivity contribution is 6.21. The van der Waals surface area contributed by atoms with Crippen LogP contribution < -0.4 is 0 Å². The summed E-state index contributed by atoms with van der Waals surface area (Å²) in [6.07, 6.45) is 11.4. The van der Waals surface area contributed by atoms with E-state index >= 15 is 0 Å². The fraction of sp³-hybridized carbons (Fsp3) is 0.455. The molecule has 1 aliphatic heterocycles. The molecule has 0 aromatic heterocycles. The fourth-order valence-electron chi connectivity index (χ4n) is 6.52. The molecule has 7 nitrogen and oxygen atoms in total. The number of allylic oxidation sites excluding steroid dienone is 4. The number of esters is 2. The molecule has 0 bridgehead atoms. The van der Waals surface area contributed by atoms with Crippen LogP contribution in [0.2, 0.25) is 0 Å². The summed E-state index contributed by atoms with van der Waals surface area (Å²) < 4.78 is 10.7. The monoisotopic (exact) mass is 579 g/mol. The average Bonchev–Trinajstić information content (AvgIpc) is 3.62. The van der Waals surface area contributed by atoms with Crippen LogP contribution in [0.4, 0.5) is 0 Å². The summed E-state index contributed by atoms with van der Waals surface area (Å²) in [5.74, 6) is -0.872. The van der Waals surface area contributed by atoms with Crippen molar-refractivity contribution in [2.24, 2.45) is 35.0 Å². The first-order chi connectivity index (χ1) is 19.6. The molecule has 41 heavy (non-hydrogen) atoms. The van der Waals surface area contributed by atoms with Gasteiger partial charge in [-0.1, -0.05) is 43.0 Å². The van der Waals surface area contributed by atoms with Gasteiger partial charge in [0.25, 0.3) is 11.8 Å². The lowest BCUT2D eigenvalue weighted by Crippen LogP contribution is -2.36. The number of imide groups is 1. The summed E-state index contributed by atoms with van der Waals surface area (Å²) in [7, 11) is 0. The maximum atomic E-state index is 13.3. The number of hydrogen-bond donors (Lipinski definition) is 0. The first kappa shape index (κ1) is 30.5. The van der Waals surface area contributed by atoms with Gasteiger partial charge in [-0.2, -0.15) is 0 Å². The fourth-order valence-corrected chi connectivity index (χ4v) is 6.67. The highest BCUT2D eigenvalue weighted by atomic mass is 35.5. The molecule has 0 radical (unpaired) electrons. The second kappa shape index (κ2) is 13.0. The predicted molar refractivity (Wildman–Crippen MR) is 157 cm³/mol. The summed E-state index contributed by atoms with van der Waals surface area (Å²) in [5, 5.41) is 0. The van der Waals surface area contributed by atoms with Gasteiger partial charge in [0, 0.05) is 12.6 Å². The van der Waals surface area contributed by atoms with Gasteiger partial charge in [-0.05, 0) is 74.3 Å². The zero-order valence-electron chi connectivity index (χ0n) is 23.5. The Balaban J connectivity index is 1.41. The molecule has 0 spiro atoms. The van der Waals surface area contributed by atoms with Crippen LogP contribution in [0.15, 0.2) is 74.4 Å². The van der Waals surface area contributed by atoms with Crippen LogP contribution in [0.1, 0.15) is 53.3 Å². The molecule has 3 aliphatic rings. The summed E-state index contributed by atoms with van der Waals surface area (Å²) in [4.78, 5) is 52.1. The molecule has 218 valence electrons. The number of ether oxygens (including phenoxy) is 2. The van der Waals surface area contributed by atoms with Gasteiger partial charge in [0.15, 0.2) is 0 Å². The van der Waals surface area contributed by atoms with Crippen molar-refractivity contribution in [3.05, 3.63) is 85.5 Å². The van der Waals surface area contributed by atoms with Gasteiger partial charge in [0.2, 0.25) is 0 Å². The molecule has 2 fully saturated rings. The Hall–Kier alpha value is -3.45. The van der Waals surface area contributed by atoms with Crippen molar-refractivity contribution in [3.63, 3.8) is 0 Å². The van der Waals surface area contributed by atoms with Crippen LogP contribution in [-0.4, -0.2) is 53.8 Å². The number of carbonyl (C=O) groups is 4. The van der Waals surface area contributed by atoms with Crippen LogP contribution in [0.25, 0.3) is 0 Å². The highest BCUT2D eigenvalue weighted by Crippen LogP contribution is 2.49. The third kappa shape index (κ3) is 6.40. The van der Waals surface area contributed by atoms with E-state index < -0.39 is 17.5 Å². The Morgan fingerprint density at radius 2 is 1.73 bits per heavy atom. The van der Waals surface area contributed by atoms with Crippen molar-refractivity contribution in [1.29, 1.82) is 0 Å². The van der Waals surface area contributed by atoms with E-state index in [0.717, 1.165) is 25.3 Å².